The third-order valence-corrected chi connectivity index (χ3v) is 4.36. The van der Waals surface area contributed by atoms with Crippen LogP contribution in [-0.4, -0.2) is 11.1 Å². The van der Waals surface area contributed by atoms with Gasteiger partial charge in [0.2, 0.25) is 0 Å². The predicted octanol–water partition coefficient (Wildman–Crippen LogP) is 5.31. The Labute approximate surface area is 160 Å². The van der Waals surface area contributed by atoms with Gasteiger partial charge in [-0.3, -0.25) is 0 Å². The van der Waals surface area contributed by atoms with E-state index in [1.807, 2.05) is 60.7 Å². The smallest absolute Gasteiger partial charge is 0.339 e. The monoisotopic (exact) mass is 412 g/mol. The van der Waals surface area contributed by atoms with E-state index in [1.54, 1.807) is 6.07 Å². The fourth-order valence-electron chi connectivity index (χ4n) is 2.40. The van der Waals surface area contributed by atoms with Crippen LogP contribution in [0.4, 0.5) is 0 Å². The van der Waals surface area contributed by atoms with E-state index in [2.05, 4.69) is 15.9 Å². The molecule has 0 saturated heterocycles. The highest BCUT2D eigenvalue weighted by atomic mass is 79.9. The number of benzene rings is 3. The first-order valence-corrected chi connectivity index (χ1v) is 8.83. The molecule has 0 amide bonds. The molecule has 0 saturated carbocycles. The van der Waals surface area contributed by atoms with Gasteiger partial charge in [-0.2, -0.15) is 0 Å². The van der Waals surface area contributed by atoms with E-state index in [4.69, 9.17) is 9.47 Å². The number of carboxylic acid groups (broad SMARTS) is 1. The summed E-state index contributed by atoms with van der Waals surface area (Å²) in [5, 5.41) is 9.44. The topological polar surface area (TPSA) is 55.8 Å². The molecule has 0 aliphatic heterocycles. The number of hydrogen-bond acceptors (Lipinski definition) is 3. The van der Waals surface area contributed by atoms with Crippen LogP contribution < -0.4 is 9.47 Å². The van der Waals surface area contributed by atoms with Gasteiger partial charge in [0, 0.05) is 6.07 Å². The maximum Gasteiger partial charge on any atom is 0.339 e. The summed E-state index contributed by atoms with van der Waals surface area (Å²) in [5.41, 5.74) is 2.06. The van der Waals surface area contributed by atoms with Crippen molar-refractivity contribution in [2.45, 2.75) is 13.2 Å². The van der Waals surface area contributed by atoms with Crippen molar-refractivity contribution in [1.82, 2.24) is 0 Å². The summed E-state index contributed by atoms with van der Waals surface area (Å²) in [6, 6.07) is 22.4. The Hall–Kier alpha value is -2.79. The summed E-state index contributed by atoms with van der Waals surface area (Å²) < 4.78 is 12.1. The molecule has 0 spiro atoms. The number of aromatic carboxylic acids is 1. The van der Waals surface area contributed by atoms with Crippen LogP contribution in [0, 0.1) is 0 Å². The van der Waals surface area contributed by atoms with E-state index in [9.17, 15) is 9.90 Å². The predicted molar refractivity (Wildman–Crippen MR) is 103 cm³/mol. The third-order valence-electron chi connectivity index (χ3n) is 3.74. The van der Waals surface area contributed by atoms with E-state index < -0.39 is 5.97 Å². The molecule has 5 heteroatoms. The van der Waals surface area contributed by atoms with Crippen molar-refractivity contribution in [1.29, 1.82) is 0 Å². The van der Waals surface area contributed by atoms with Gasteiger partial charge >= 0.3 is 5.97 Å². The molecule has 4 nitrogen and oxygen atoms in total. The van der Waals surface area contributed by atoms with Crippen molar-refractivity contribution < 1.29 is 19.4 Å². The standard InChI is InChI=1S/C21H17BrO4/c22-18-11-17(21(23)24)19(25-13-15-7-3-1-4-8-15)12-20(18)26-14-16-9-5-2-6-10-16/h1-12H,13-14H2,(H,23,24). The molecule has 0 unspecified atom stereocenters. The van der Waals surface area contributed by atoms with Crippen LogP contribution in [0.15, 0.2) is 77.3 Å². The number of hydrogen-bond donors (Lipinski definition) is 1. The van der Waals surface area contributed by atoms with Crippen LogP contribution in [-0.2, 0) is 13.2 Å². The maximum absolute atomic E-state index is 11.5. The Morgan fingerprint density at radius 2 is 1.31 bits per heavy atom. The lowest BCUT2D eigenvalue weighted by molar-refractivity contribution is 0.0691. The van der Waals surface area contributed by atoms with Gasteiger partial charge < -0.3 is 14.6 Å². The summed E-state index contributed by atoms with van der Waals surface area (Å²) >= 11 is 3.38. The molecule has 0 aliphatic carbocycles. The van der Waals surface area contributed by atoms with Gasteiger partial charge in [-0.1, -0.05) is 60.7 Å². The van der Waals surface area contributed by atoms with Crippen LogP contribution in [0.2, 0.25) is 0 Å². The second-order valence-corrected chi connectivity index (χ2v) is 6.49. The van der Waals surface area contributed by atoms with E-state index in [0.29, 0.717) is 16.8 Å². The molecule has 0 bridgehead atoms. The second-order valence-electron chi connectivity index (χ2n) is 5.63. The SMILES string of the molecule is O=C(O)c1cc(Br)c(OCc2ccccc2)cc1OCc1ccccc1. The van der Waals surface area contributed by atoms with Gasteiger partial charge in [0.1, 0.15) is 30.3 Å². The Kier molecular flexibility index (Phi) is 5.92. The fourth-order valence-corrected chi connectivity index (χ4v) is 2.86. The van der Waals surface area contributed by atoms with Crippen molar-refractivity contribution >= 4 is 21.9 Å². The van der Waals surface area contributed by atoms with Gasteiger partial charge in [0.15, 0.2) is 0 Å². The normalized spacial score (nSPS) is 10.3. The molecule has 0 fully saturated rings. The zero-order valence-corrected chi connectivity index (χ0v) is 15.5. The Morgan fingerprint density at radius 3 is 1.81 bits per heavy atom. The number of ether oxygens (including phenoxy) is 2. The van der Waals surface area contributed by atoms with E-state index >= 15 is 0 Å². The van der Waals surface area contributed by atoms with Crippen molar-refractivity contribution in [2.24, 2.45) is 0 Å². The number of rotatable bonds is 7. The van der Waals surface area contributed by atoms with Crippen LogP contribution in [0.1, 0.15) is 21.5 Å². The van der Waals surface area contributed by atoms with E-state index in [1.165, 1.54) is 6.07 Å². The van der Waals surface area contributed by atoms with E-state index in [0.717, 1.165) is 11.1 Å². The van der Waals surface area contributed by atoms with Crippen LogP contribution in [0.3, 0.4) is 0 Å². The Balaban J connectivity index is 1.80. The lowest BCUT2D eigenvalue weighted by atomic mass is 10.2. The lowest BCUT2D eigenvalue weighted by Gasteiger charge is -2.14. The maximum atomic E-state index is 11.5. The summed E-state index contributed by atoms with van der Waals surface area (Å²) in [4.78, 5) is 11.5. The van der Waals surface area contributed by atoms with Gasteiger partial charge in [0.05, 0.1) is 4.47 Å². The molecule has 1 N–H and O–H groups in total. The molecule has 0 radical (unpaired) electrons. The van der Waals surface area contributed by atoms with Crippen molar-refractivity contribution in [3.8, 4) is 11.5 Å². The highest BCUT2D eigenvalue weighted by Crippen LogP contribution is 2.34. The van der Waals surface area contributed by atoms with Crippen molar-refractivity contribution in [3.05, 3.63) is 94.0 Å². The average Bonchev–Trinajstić information content (AvgIpc) is 2.67. The summed E-state index contributed by atoms with van der Waals surface area (Å²) in [5.74, 6) is -0.252. The Bertz CT molecular complexity index is 879. The molecule has 0 aromatic heterocycles. The Morgan fingerprint density at radius 1 is 0.808 bits per heavy atom. The molecular formula is C21H17BrO4. The quantitative estimate of drug-likeness (QED) is 0.571. The number of carboxylic acids is 1. The molecule has 3 rings (SSSR count). The molecule has 0 atom stereocenters. The minimum absolute atomic E-state index is 0.0832. The summed E-state index contributed by atoms with van der Waals surface area (Å²) in [6.45, 7) is 0.658. The molecular weight excluding hydrogens is 396 g/mol. The summed E-state index contributed by atoms with van der Waals surface area (Å²) in [7, 11) is 0. The lowest BCUT2D eigenvalue weighted by Crippen LogP contribution is -2.05. The molecule has 26 heavy (non-hydrogen) atoms. The highest BCUT2D eigenvalue weighted by Gasteiger charge is 2.16. The minimum atomic E-state index is -1.05. The van der Waals surface area contributed by atoms with Crippen LogP contribution in [0.25, 0.3) is 0 Å². The molecule has 0 heterocycles. The van der Waals surface area contributed by atoms with Gasteiger partial charge in [-0.05, 0) is 33.1 Å². The summed E-state index contributed by atoms with van der Waals surface area (Å²) in [6.07, 6.45) is 0. The van der Waals surface area contributed by atoms with Crippen molar-refractivity contribution in [2.75, 3.05) is 0 Å². The zero-order valence-electron chi connectivity index (χ0n) is 13.9. The first-order valence-electron chi connectivity index (χ1n) is 8.04. The number of halogens is 1. The number of carbonyl (C=O) groups is 1. The molecule has 132 valence electrons. The second kappa shape index (κ2) is 8.54. The fraction of sp³-hybridized carbons (Fsp3) is 0.0952. The molecule has 0 aliphatic rings. The zero-order chi connectivity index (χ0) is 18.4. The molecule has 3 aromatic carbocycles. The highest BCUT2D eigenvalue weighted by molar-refractivity contribution is 9.10. The van der Waals surface area contributed by atoms with Gasteiger partial charge in [0.25, 0.3) is 0 Å². The van der Waals surface area contributed by atoms with Gasteiger partial charge in [-0.25, -0.2) is 4.79 Å². The average molecular weight is 413 g/mol. The van der Waals surface area contributed by atoms with Gasteiger partial charge in [-0.15, -0.1) is 0 Å². The third kappa shape index (κ3) is 4.64. The minimum Gasteiger partial charge on any atom is -0.488 e. The molecule has 3 aromatic rings. The van der Waals surface area contributed by atoms with Crippen LogP contribution in [0.5, 0.6) is 11.5 Å². The van der Waals surface area contributed by atoms with E-state index in [-0.39, 0.29) is 17.9 Å². The van der Waals surface area contributed by atoms with Crippen molar-refractivity contribution in [3.63, 3.8) is 0 Å². The van der Waals surface area contributed by atoms with Crippen LogP contribution >= 0.6 is 15.9 Å². The largest absolute Gasteiger partial charge is 0.488 e. The first kappa shape index (κ1) is 18.0. The first-order chi connectivity index (χ1) is 12.6.